The second-order valence-electron chi connectivity index (χ2n) is 5.99. The Morgan fingerprint density at radius 1 is 1.10 bits per heavy atom. The first-order chi connectivity index (χ1) is 14.1. The van der Waals surface area contributed by atoms with Crippen molar-refractivity contribution >= 4 is 23.4 Å². The van der Waals surface area contributed by atoms with Crippen LogP contribution in [0.25, 0.3) is 11.3 Å². The summed E-state index contributed by atoms with van der Waals surface area (Å²) in [6.45, 7) is 0.110. The predicted octanol–water partition coefficient (Wildman–Crippen LogP) is 4.31. The summed E-state index contributed by atoms with van der Waals surface area (Å²) >= 11 is 7.26. The van der Waals surface area contributed by atoms with E-state index < -0.39 is 0 Å². The van der Waals surface area contributed by atoms with Gasteiger partial charge in [0.15, 0.2) is 5.82 Å². The van der Waals surface area contributed by atoms with Gasteiger partial charge in [0, 0.05) is 16.7 Å². The van der Waals surface area contributed by atoms with Gasteiger partial charge in [-0.2, -0.15) is 0 Å². The van der Waals surface area contributed by atoms with Gasteiger partial charge in [-0.15, -0.1) is 10.2 Å². The molecule has 0 aliphatic carbocycles. The van der Waals surface area contributed by atoms with Crippen LogP contribution in [0, 0.1) is 5.82 Å². The normalized spacial score (nSPS) is 11.0. The van der Waals surface area contributed by atoms with Crippen LogP contribution in [0.3, 0.4) is 0 Å². The molecule has 0 aliphatic rings. The maximum absolute atomic E-state index is 12.9. The summed E-state index contributed by atoms with van der Waals surface area (Å²) in [5, 5.41) is 13.3. The van der Waals surface area contributed by atoms with Gasteiger partial charge in [-0.3, -0.25) is 0 Å². The summed E-state index contributed by atoms with van der Waals surface area (Å²) in [6, 6.07) is 14.9. The second-order valence-corrected chi connectivity index (χ2v) is 7.36. The van der Waals surface area contributed by atoms with Crippen molar-refractivity contribution in [3.05, 3.63) is 77.0 Å². The minimum atomic E-state index is -0.329. The van der Waals surface area contributed by atoms with Crippen molar-refractivity contribution in [2.24, 2.45) is 0 Å². The molecule has 0 unspecified atom stereocenters. The van der Waals surface area contributed by atoms with Crippen LogP contribution in [0.15, 0.2) is 64.3 Å². The van der Waals surface area contributed by atoms with Gasteiger partial charge < -0.3 is 15.1 Å². The fourth-order valence-corrected chi connectivity index (χ4v) is 3.33. The number of ether oxygens (including phenoxy) is 1. The van der Waals surface area contributed by atoms with Gasteiger partial charge in [-0.25, -0.2) is 9.07 Å². The van der Waals surface area contributed by atoms with Gasteiger partial charge in [-0.1, -0.05) is 40.7 Å². The molecule has 2 N–H and O–H groups in total. The molecule has 0 aliphatic heterocycles. The third kappa shape index (κ3) is 4.69. The predicted molar refractivity (Wildman–Crippen MR) is 107 cm³/mol. The molecule has 0 bridgehead atoms. The summed E-state index contributed by atoms with van der Waals surface area (Å²) in [7, 11) is 0. The number of hydrogen-bond acceptors (Lipinski definition) is 7. The number of nitrogens with zero attached hydrogens (tertiary/aromatic N) is 4. The van der Waals surface area contributed by atoms with Gasteiger partial charge in [0.25, 0.3) is 0 Å². The fraction of sp³-hybridized carbons (Fsp3) is 0.105. The summed E-state index contributed by atoms with van der Waals surface area (Å²) < 4.78 is 25.2. The minimum Gasteiger partial charge on any atom is -0.486 e. The van der Waals surface area contributed by atoms with Gasteiger partial charge in [-0.05, 0) is 36.4 Å². The van der Waals surface area contributed by atoms with Crippen LogP contribution in [0.2, 0.25) is 5.02 Å². The number of hydrogen-bond donors (Lipinski definition) is 1. The van der Waals surface area contributed by atoms with E-state index in [1.54, 1.807) is 12.1 Å². The van der Waals surface area contributed by atoms with Crippen molar-refractivity contribution in [3.63, 3.8) is 0 Å². The molecule has 0 saturated carbocycles. The first-order valence-corrected chi connectivity index (χ1v) is 9.87. The monoisotopic (exact) mass is 431 g/mol. The summed E-state index contributed by atoms with van der Waals surface area (Å²) in [4.78, 5) is 0. The van der Waals surface area contributed by atoms with Gasteiger partial charge in [0.1, 0.15) is 29.6 Å². The highest BCUT2D eigenvalue weighted by atomic mass is 35.5. The molecule has 10 heteroatoms. The number of halogens is 2. The molecule has 0 saturated heterocycles. The van der Waals surface area contributed by atoms with E-state index >= 15 is 0 Å². The summed E-state index contributed by atoms with van der Waals surface area (Å²) in [5.74, 6) is 7.82. The number of thioether (sulfide) groups is 1. The molecular formula is C19H15ClFN5O2S. The van der Waals surface area contributed by atoms with E-state index in [2.05, 4.69) is 15.4 Å². The smallest absolute Gasteiger partial charge is 0.210 e. The van der Waals surface area contributed by atoms with Crippen molar-refractivity contribution in [1.29, 1.82) is 0 Å². The molecule has 148 valence electrons. The van der Waals surface area contributed by atoms with E-state index in [1.807, 2.05) is 18.2 Å². The van der Waals surface area contributed by atoms with Crippen molar-refractivity contribution in [2.45, 2.75) is 17.5 Å². The lowest BCUT2D eigenvalue weighted by atomic mass is 10.1. The Kier molecular flexibility index (Phi) is 5.68. The lowest BCUT2D eigenvalue weighted by molar-refractivity contribution is 0.291. The van der Waals surface area contributed by atoms with Crippen molar-refractivity contribution < 1.29 is 13.7 Å². The van der Waals surface area contributed by atoms with Crippen LogP contribution in [0.4, 0.5) is 4.39 Å². The Morgan fingerprint density at radius 3 is 2.62 bits per heavy atom. The Labute approximate surface area is 174 Å². The number of nitrogens with two attached hydrogens (primary N) is 1. The van der Waals surface area contributed by atoms with E-state index in [9.17, 15) is 4.39 Å². The van der Waals surface area contributed by atoms with Gasteiger partial charge >= 0.3 is 0 Å². The minimum absolute atomic E-state index is 0.110. The molecule has 0 atom stereocenters. The number of aromatic nitrogens is 4. The highest BCUT2D eigenvalue weighted by molar-refractivity contribution is 7.98. The summed E-state index contributed by atoms with van der Waals surface area (Å²) in [5.41, 5.74) is 1.64. The molecule has 0 spiro atoms. The van der Waals surface area contributed by atoms with E-state index in [0.29, 0.717) is 33.3 Å². The molecule has 4 aromatic rings. The number of rotatable bonds is 7. The third-order valence-corrected chi connectivity index (χ3v) is 5.18. The van der Waals surface area contributed by atoms with Gasteiger partial charge in [0.2, 0.25) is 5.16 Å². The molecule has 4 rings (SSSR count). The number of nitrogen functional groups attached to an aromatic ring is 1. The van der Waals surface area contributed by atoms with Crippen LogP contribution >= 0.6 is 23.4 Å². The zero-order chi connectivity index (χ0) is 20.2. The molecule has 2 aromatic carbocycles. The van der Waals surface area contributed by atoms with Crippen molar-refractivity contribution in [2.75, 3.05) is 5.84 Å². The number of benzene rings is 2. The maximum atomic E-state index is 12.9. The molecule has 0 fully saturated rings. The lowest BCUT2D eigenvalue weighted by Crippen LogP contribution is -2.15. The third-order valence-electron chi connectivity index (χ3n) is 3.96. The molecule has 29 heavy (non-hydrogen) atoms. The molecule has 0 radical (unpaired) electrons. The quantitative estimate of drug-likeness (QED) is 0.344. The van der Waals surface area contributed by atoms with Gasteiger partial charge in [0.05, 0.1) is 5.75 Å². The molecule has 7 nitrogen and oxygen atoms in total. The average Bonchev–Trinajstić information content (AvgIpc) is 3.33. The van der Waals surface area contributed by atoms with Crippen LogP contribution in [0.1, 0.15) is 11.6 Å². The molecule has 2 aromatic heterocycles. The van der Waals surface area contributed by atoms with Crippen LogP contribution < -0.4 is 10.6 Å². The van der Waals surface area contributed by atoms with E-state index in [4.69, 9.17) is 26.7 Å². The largest absolute Gasteiger partial charge is 0.486 e. The highest BCUT2D eigenvalue weighted by Gasteiger charge is 2.13. The molecule has 2 heterocycles. The zero-order valence-electron chi connectivity index (χ0n) is 15.0. The molecular weight excluding hydrogens is 417 g/mol. The Bertz CT molecular complexity index is 1100. The second kappa shape index (κ2) is 8.54. The van der Waals surface area contributed by atoms with Crippen LogP contribution in [-0.4, -0.2) is 20.0 Å². The molecule has 0 amide bonds. The lowest BCUT2D eigenvalue weighted by Gasteiger charge is -2.06. The van der Waals surface area contributed by atoms with Crippen molar-refractivity contribution in [3.8, 4) is 17.0 Å². The SMILES string of the molecule is Nn1c(COc2ccc(F)cc2)nnc1SCc1cc(-c2ccc(Cl)cc2)no1. The van der Waals surface area contributed by atoms with Crippen LogP contribution in [0.5, 0.6) is 5.75 Å². The van der Waals surface area contributed by atoms with Crippen LogP contribution in [-0.2, 0) is 12.4 Å². The first-order valence-electron chi connectivity index (χ1n) is 8.50. The fourth-order valence-electron chi connectivity index (χ4n) is 2.46. The Morgan fingerprint density at radius 2 is 1.86 bits per heavy atom. The van der Waals surface area contributed by atoms with E-state index in [1.165, 1.54) is 40.7 Å². The van der Waals surface area contributed by atoms with Crippen molar-refractivity contribution in [1.82, 2.24) is 20.0 Å². The Balaban J connectivity index is 1.35. The Hall–Kier alpha value is -3.04. The summed E-state index contributed by atoms with van der Waals surface area (Å²) in [6.07, 6.45) is 0. The standard InChI is InChI=1S/C19H15ClFN5O2S/c20-13-3-1-12(2-4-13)17-9-16(28-25-17)11-29-19-24-23-18(26(19)22)10-27-15-7-5-14(21)6-8-15/h1-9H,10-11,22H2. The zero-order valence-corrected chi connectivity index (χ0v) is 16.5. The van der Waals surface area contributed by atoms with E-state index in [-0.39, 0.29) is 12.4 Å². The maximum Gasteiger partial charge on any atom is 0.210 e. The first kappa shape index (κ1) is 19.3. The highest BCUT2D eigenvalue weighted by Crippen LogP contribution is 2.25. The van der Waals surface area contributed by atoms with E-state index in [0.717, 1.165) is 11.3 Å². The topological polar surface area (TPSA) is 92.0 Å². The average molecular weight is 432 g/mol.